The quantitative estimate of drug-likeness (QED) is 0.667. The lowest BCUT2D eigenvalue weighted by Gasteiger charge is -2.16. The van der Waals surface area contributed by atoms with E-state index in [1.165, 1.54) is 0 Å². The molecule has 0 aliphatic carbocycles. The van der Waals surface area contributed by atoms with Crippen LogP contribution in [0.15, 0.2) is 0 Å². The number of nitrogens with zero attached hydrogens (tertiary/aromatic N) is 2. The minimum Gasteiger partial charge on any atom is -0.375 e. The predicted molar refractivity (Wildman–Crippen MR) is 51.4 cm³/mol. The van der Waals surface area contributed by atoms with Crippen molar-refractivity contribution in [3.05, 3.63) is 17.0 Å². The Morgan fingerprint density at radius 3 is 3.00 bits per heavy atom. The Morgan fingerprint density at radius 2 is 2.36 bits per heavy atom. The Bertz CT molecular complexity index is 355. The molecule has 4 nitrogen and oxygen atoms in total. The minimum absolute atomic E-state index is 0.277. The van der Waals surface area contributed by atoms with Crippen LogP contribution in [0.1, 0.15) is 41.6 Å². The van der Waals surface area contributed by atoms with Gasteiger partial charge in [-0.3, -0.25) is 9.48 Å². The molecule has 4 heteroatoms. The summed E-state index contributed by atoms with van der Waals surface area (Å²) in [5.74, 6) is 0. The molecule has 0 spiro atoms. The summed E-state index contributed by atoms with van der Waals surface area (Å²) in [6, 6.07) is 0.277. The average Bonchev–Trinajstić information content (AvgIpc) is 2.56. The Kier molecular flexibility index (Phi) is 2.37. The summed E-state index contributed by atoms with van der Waals surface area (Å²) >= 11 is 0. The maximum atomic E-state index is 10.8. The van der Waals surface area contributed by atoms with Crippen LogP contribution < -0.4 is 0 Å². The third-order valence-corrected chi connectivity index (χ3v) is 2.49. The second-order valence-corrected chi connectivity index (χ2v) is 3.77. The van der Waals surface area contributed by atoms with E-state index in [1.807, 2.05) is 4.68 Å². The van der Waals surface area contributed by atoms with Gasteiger partial charge in [-0.15, -0.1) is 0 Å². The number of hydrogen-bond acceptors (Lipinski definition) is 3. The van der Waals surface area contributed by atoms with Gasteiger partial charge in [0.25, 0.3) is 0 Å². The van der Waals surface area contributed by atoms with Crippen molar-refractivity contribution < 1.29 is 9.53 Å². The summed E-state index contributed by atoms with van der Waals surface area (Å²) in [5.41, 5.74) is 2.71. The zero-order valence-corrected chi connectivity index (χ0v) is 8.49. The summed E-state index contributed by atoms with van der Waals surface area (Å²) in [6.45, 7) is 5.37. The molecule has 0 aromatic carbocycles. The SMILES string of the molecule is CC(C)n1nc(C=O)c2c1COCC2. The number of aldehydes is 1. The first-order valence-corrected chi connectivity index (χ1v) is 4.87. The van der Waals surface area contributed by atoms with Gasteiger partial charge in [-0.2, -0.15) is 5.10 Å². The molecule has 14 heavy (non-hydrogen) atoms. The van der Waals surface area contributed by atoms with E-state index in [9.17, 15) is 4.79 Å². The van der Waals surface area contributed by atoms with Gasteiger partial charge in [-0.05, 0) is 20.3 Å². The molecule has 0 fully saturated rings. The first kappa shape index (κ1) is 9.40. The molecular weight excluding hydrogens is 180 g/mol. The van der Waals surface area contributed by atoms with Crippen LogP contribution in [-0.2, 0) is 17.8 Å². The summed E-state index contributed by atoms with van der Waals surface area (Å²) in [7, 11) is 0. The maximum Gasteiger partial charge on any atom is 0.170 e. The highest BCUT2D eigenvalue weighted by atomic mass is 16.5. The fraction of sp³-hybridized carbons (Fsp3) is 0.600. The Balaban J connectivity index is 2.52. The Morgan fingerprint density at radius 1 is 1.57 bits per heavy atom. The molecule has 2 heterocycles. The number of rotatable bonds is 2. The fourth-order valence-corrected chi connectivity index (χ4v) is 1.81. The third kappa shape index (κ3) is 1.35. The highest BCUT2D eigenvalue weighted by Crippen LogP contribution is 2.22. The van der Waals surface area contributed by atoms with Crippen LogP contribution >= 0.6 is 0 Å². The van der Waals surface area contributed by atoms with Crippen molar-refractivity contribution >= 4 is 6.29 Å². The number of fused-ring (bicyclic) bond motifs is 1. The minimum atomic E-state index is 0.277. The van der Waals surface area contributed by atoms with E-state index >= 15 is 0 Å². The van der Waals surface area contributed by atoms with E-state index in [2.05, 4.69) is 18.9 Å². The highest BCUT2D eigenvalue weighted by molar-refractivity contribution is 5.74. The van der Waals surface area contributed by atoms with Crippen molar-refractivity contribution in [2.75, 3.05) is 6.61 Å². The number of carbonyl (C=O) groups excluding carboxylic acids is 1. The largest absolute Gasteiger partial charge is 0.375 e. The van der Waals surface area contributed by atoms with E-state index in [-0.39, 0.29) is 6.04 Å². The molecule has 0 amide bonds. The van der Waals surface area contributed by atoms with E-state index in [0.29, 0.717) is 18.9 Å². The Labute approximate surface area is 82.9 Å². The van der Waals surface area contributed by atoms with Crippen molar-refractivity contribution in [2.45, 2.75) is 32.9 Å². The van der Waals surface area contributed by atoms with Crippen LogP contribution in [0.5, 0.6) is 0 Å². The topological polar surface area (TPSA) is 44.1 Å². The molecule has 0 radical (unpaired) electrons. The number of ether oxygens (including phenoxy) is 1. The van der Waals surface area contributed by atoms with Gasteiger partial charge < -0.3 is 4.74 Å². The van der Waals surface area contributed by atoms with Crippen molar-refractivity contribution in [2.24, 2.45) is 0 Å². The molecule has 0 bridgehead atoms. The van der Waals surface area contributed by atoms with E-state index in [0.717, 1.165) is 24.0 Å². The van der Waals surface area contributed by atoms with E-state index in [1.54, 1.807) is 0 Å². The van der Waals surface area contributed by atoms with E-state index in [4.69, 9.17) is 4.74 Å². The number of aromatic nitrogens is 2. The van der Waals surface area contributed by atoms with Gasteiger partial charge in [0.1, 0.15) is 5.69 Å². The van der Waals surface area contributed by atoms with Crippen LogP contribution in [0.2, 0.25) is 0 Å². The molecule has 0 unspecified atom stereocenters. The second-order valence-electron chi connectivity index (χ2n) is 3.77. The molecule has 76 valence electrons. The third-order valence-electron chi connectivity index (χ3n) is 2.49. The van der Waals surface area contributed by atoms with Crippen LogP contribution in [0.25, 0.3) is 0 Å². The average molecular weight is 194 g/mol. The normalized spacial score (nSPS) is 15.6. The number of carbonyl (C=O) groups is 1. The summed E-state index contributed by atoms with van der Waals surface area (Å²) in [6.07, 6.45) is 1.64. The molecule has 1 aromatic heterocycles. The standard InChI is InChI=1S/C10H14N2O2/c1-7(2)12-10-6-14-4-3-8(10)9(5-13)11-12/h5,7H,3-4,6H2,1-2H3. The van der Waals surface area contributed by atoms with Crippen molar-refractivity contribution in [1.29, 1.82) is 0 Å². The van der Waals surface area contributed by atoms with Crippen LogP contribution in [0.3, 0.4) is 0 Å². The molecule has 0 N–H and O–H groups in total. The van der Waals surface area contributed by atoms with Crippen LogP contribution in [0, 0.1) is 0 Å². The van der Waals surface area contributed by atoms with Crippen molar-refractivity contribution in [3.8, 4) is 0 Å². The first-order chi connectivity index (χ1) is 6.74. The van der Waals surface area contributed by atoms with Gasteiger partial charge >= 0.3 is 0 Å². The van der Waals surface area contributed by atoms with Gasteiger partial charge in [0.15, 0.2) is 6.29 Å². The summed E-state index contributed by atoms with van der Waals surface area (Å²) in [4.78, 5) is 10.8. The van der Waals surface area contributed by atoms with Crippen molar-refractivity contribution in [3.63, 3.8) is 0 Å². The number of hydrogen-bond donors (Lipinski definition) is 0. The zero-order valence-electron chi connectivity index (χ0n) is 8.49. The molecule has 1 aliphatic rings. The molecule has 0 saturated carbocycles. The lowest BCUT2D eigenvalue weighted by Crippen LogP contribution is -2.15. The van der Waals surface area contributed by atoms with Gasteiger partial charge in [0.2, 0.25) is 0 Å². The fourth-order valence-electron chi connectivity index (χ4n) is 1.81. The lowest BCUT2D eigenvalue weighted by molar-refractivity contribution is 0.103. The summed E-state index contributed by atoms with van der Waals surface area (Å²) in [5, 5.41) is 4.28. The van der Waals surface area contributed by atoms with Crippen LogP contribution in [-0.4, -0.2) is 22.7 Å². The Hall–Kier alpha value is -1.16. The first-order valence-electron chi connectivity index (χ1n) is 4.87. The van der Waals surface area contributed by atoms with Gasteiger partial charge in [-0.25, -0.2) is 0 Å². The zero-order chi connectivity index (χ0) is 10.1. The maximum absolute atomic E-state index is 10.8. The molecule has 1 aliphatic heterocycles. The highest BCUT2D eigenvalue weighted by Gasteiger charge is 2.21. The van der Waals surface area contributed by atoms with Gasteiger partial charge in [-0.1, -0.05) is 0 Å². The molecular formula is C10H14N2O2. The molecule has 0 atom stereocenters. The molecule has 1 aromatic rings. The monoisotopic (exact) mass is 194 g/mol. The van der Waals surface area contributed by atoms with Gasteiger partial charge in [0, 0.05) is 11.6 Å². The molecule has 2 rings (SSSR count). The summed E-state index contributed by atoms with van der Waals surface area (Å²) < 4.78 is 7.25. The van der Waals surface area contributed by atoms with Crippen LogP contribution in [0.4, 0.5) is 0 Å². The second kappa shape index (κ2) is 3.53. The van der Waals surface area contributed by atoms with Crippen molar-refractivity contribution in [1.82, 2.24) is 9.78 Å². The smallest absolute Gasteiger partial charge is 0.170 e. The predicted octanol–water partition coefficient (Wildman–Crippen LogP) is 1.35. The van der Waals surface area contributed by atoms with Gasteiger partial charge in [0.05, 0.1) is 18.9 Å². The molecule has 0 saturated heterocycles. The lowest BCUT2D eigenvalue weighted by atomic mass is 10.1. The van der Waals surface area contributed by atoms with E-state index < -0.39 is 0 Å².